The standard InChI is InChI=1S/C13H11BrN2O4S/c1-8-2-4-9(5-3-8)13(21(19)20)10-6-12(14)15-7-11(10)16(17)18/h2-7,13H,1H3,(H,19,20)/p-1. The molecule has 1 aromatic carbocycles. The molecule has 6 nitrogen and oxygen atoms in total. The van der Waals surface area contributed by atoms with Gasteiger partial charge in [0.1, 0.15) is 10.8 Å². The average Bonchev–Trinajstić information content (AvgIpc) is 2.40. The van der Waals surface area contributed by atoms with Gasteiger partial charge in [-0.1, -0.05) is 29.8 Å². The number of benzene rings is 1. The van der Waals surface area contributed by atoms with E-state index < -0.39 is 21.3 Å². The quantitative estimate of drug-likeness (QED) is 0.357. The second-order valence-corrected chi connectivity index (χ2v) is 6.18. The van der Waals surface area contributed by atoms with Crippen molar-refractivity contribution in [2.24, 2.45) is 0 Å². The minimum atomic E-state index is -2.55. The molecular formula is C13H10BrN2O4S-. The summed E-state index contributed by atoms with van der Waals surface area (Å²) in [6, 6.07) is 8.18. The van der Waals surface area contributed by atoms with Crippen LogP contribution in [0, 0.1) is 17.0 Å². The van der Waals surface area contributed by atoms with Crippen LogP contribution < -0.4 is 0 Å². The summed E-state index contributed by atoms with van der Waals surface area (Å²) in [6.07, 6.45) is 1.05. The summed E-state index contributed by atoms with van der Waals surface area (Å²) < 4.78 is 23.6. The SMILES string of the molecule is Cc1ccc(C(c2cc(Br)ncc2[N+](=O)[O-])S(=O)[O-])cc1. The first-order chi connectivity index (χ1) is 9.90. The fraction of sp³-hybridized carbons (Fsp3) is 0.154. The molecule has 0 fully saturated rings. The summed E-state index contributed by atoms with van der Waals surface area (Å²) in [5.41, 5.74) is 1.20. The predicted molar refractivity (Wildman–Crippen MR) is 80.5 cm³/mol. The average molecular weight is 370 g/mol. The molecular weight excluding hydrogens is 360 g/mol. The highest BCUT2D eigenvalue weighted by atomic mass is 79.9. The number of aryl methyl sites for hydroxylation is 1. The van der Waals surface area contributed by atoms with Crippen LogP contribution in [-0.2, 0) is 11.1 Å². The zero-order valence-corrected chi connectivity index (χ0v) is 13.3. The molecule has 0 spiro atoms. The number of hydrogen-bond donors (Lipinski definition) is 0. The molecule has 0 aliphatic carbocycles. The molecule has 21 heavy (non-hydrogen) atoms. The van der Waals surface area contributed by atoms with Crippen molar-refractivity contribution in [3.63, 3.8) is 0 Å². The summed E-state index contributed by atoms with van der Waals surface area (Å²) >= 11 is 0.562. The molecule has 2 atom stereocenters. The molecule has 0 amide bonds. The summed E-state index contributed by atoms with van der Waals surface area (Å²) in [5, 5.41) is 9.97. The van der Waals surface area contributed by atoms with Gasteiger partial charge in [-0.15, -0.1) is 0 Å². The van der Waals surface area contributed by atoms with Gasteiger partial charge in [0.05, 0.1) is 15.7 Å². The van der Waals surface area contributed by atoms with Crippen LogP contribution in [0.5, 0.6) is 0 Å². The lowest BCUT2D eigenvalue weighted by molar-refractivity contribution is -0.385. The summed E-state index contributed by atoms with van der Waals surface area (Å²) in [7, 11) is 0. The molecule has 2 rings (SSSR count). The number of pyridine rings is 1. The third kappa shape index (κ3) is 3.52. The Bertz CT molecular complexity index is 706. The molecule has 8 heteroatoms. The molecule has 1 aromatic heterocycles. The topological polar surface area (TPSA) is 96.2 Å². The lowest BCUT2D eigenvalue weighted by Crippen LogP contribution is -2.11. The van der Waals surface area contributed by atoms with E-state index in [1.54, 1.807) is 24.3 Å². The van der Waals surface area contributed by atoms with Gasteiger partial charge in [0.15, 0.2) is 0 Å². The molecule has 0 saturated carbocycles. The van der Waals surface area contributed by atoms with Crippen LogP contribution in [0.25, 0.3) is 0 Å². The first kappa shape index (κ1) is 15.7. The number of nitrogens with zero attached hydrogens (tertiary/aromatic N) is 2. The summed E-state index contributed by atoms with van der Waals surface area (Å²) in [6.45, 7) is 1.87. The Morgan fingerprint density at radius 1 is 1.33 bits per heavy atom. The molecule has 0 N–H and O–H groups in total. The van der Waals surface area contributed by atoms with E-state index in [1.165, 1.54) is 6.07 Å². The first-order valence-corrected chi connectivity index (χ1v) is 7.77. The minimum absolute atomic E-state index is 0.0825. The maximum absolute atomic E-state index is 11.6. The van der Waals surface area contributed by atoms with Crippen LogP contribution in [0.1, 0.15) is 21.9 Å². The molecule has 110 valence electrons. The van der Waals surface area contributed by atoms with Gasteiger partial charge >= 0.3 is 0 Å². The van der Waals surface area contributed by atoms with E-state index >= 15 is 0 Å². The van der Waals surface area contributed by atoms with Gasteiger partial charge in [-0.25, -0.2) is 4.98 Å². The van der Waals surface area contributed by atoms with E-state index in [0.29, 0.717) is 10.2 Å². The maximum atomic E-state index is 11.6. The monoisotopic (exact) mass is 369 g/mol. The molecule has 1 heterocycles. The summed E-state index contributed by atoms with van der Waals surface area (Å²) in [5.74, 6) is 0. The summed E-state index contributed by atoms with van der Waals surface area (Å²) in [4.78, 5) is 14.2. The zero-order chi connectivity index (χ0) is 15.6. The maximum Gasteiger partial charge on any atom is 0.292 e. The number of halogens is 1. The van der Waals surface area contributed by atoms with Crippen molar-refractivity contribution in [1.29, 1.82) is 0 Å². The van der Waals surface area contributed by atoms with Crippen molar-refractivity contribution in [2.75, 3.05) is 0 Å². The minimum Gasteiger partial charge on any atom is -0.772 e. The van der Waals surface area contributed by atoms with E-state index in [1.807, 2.05) is 6.92 Å². The normalized spacial score (nSPS) is 13.7. The smallest absolute Gasteiger partial charge is 0.292 e. The van der Waals surface area contributed by atoms with E-state index in [4.69, 9.17) is 0 Å². The van der Waals surface area contributed by atoms with Crippen LogP contribution in [0.2, 0.25) is 0 Å². The van der Waals surface area contributed by atoms with Crippen molar-refractivity contribution in [2.45, 2.75) is 12.2 Å². The molecule has 0 aliphatic rings. The molecule has 2 unspecified atom stereocenters. The van der Waals surface area contributed by atoms with Crippen LogP contribution in [-0.4, -0.2) is 18.7 Å². The Balaban J connectivity index is 2.63. The zero-order valence-electron chi connectivity index (χ0n) is 10.9. The Morgan fingerprint density at radius 2 is 1.95 bits per heavy atom. The highest BCUT2D eigenvalue weighted by Crippen LogP contribution is 2.34. The van der Waals surface area contributed by atoms with Crippen LogP contribution in [0.15, 0.2) is 41.1 Å². The van der Waals surface area contributed by atoms with E-state index in [0.717, 1.165) is 11.8 Å². The highest BCUT2D eigenvalue weighted by Gasteiger charge is 2.25. The highest BCUT2D eigenvalue weighted by molar-refractivity contribution is 9.10. The van der Waals surface area contributed by atoms with Crippen molar-refractivity contribution in [1.82, 2.24) is 4.98 Å². The fourth-order valence-corrected chi connectivity index (χ4v) is 3.06. The number of rotatable bonds is 4. The van der Waals surface area contributed by atoms with Gasteiger partial charge in [-0.2, -0.15) is 0 Å². The first-order valence-electron chi connectivity index (χ1n) is 5.84. The van der Waals surface area contributed by atoms with Gasteiger partial charge in [-0.3, -0.25) is 14.3 Å². The van der Waals surface area contributed by atoms with Crippen molar-refractivity contribution in [3.8, 4) is 0 Å². The van der Waals surface area contributed by atoms with Crippen LogP contribution in [0.3, 0.4) is 0 Å². The largest absolute Gasteiger partial charge is 0.772 e. The molecule has 0 saturated heterocycles. The van der Waals surface area contributed by atoms with Gasteiger partial charge in [0.25, 0.3) is 5.69 Å². The lowest BCUT2D eigenvalue weighted by Gasteiger charge is -2.20. The second-order valence-electron chi connectivity index (χ2n) is 4.37. The number of nitro groups is 1. The van der Waals surface area contributed by atoms with E-state index in [-0.39, 0.29) is 11.3 Å². The number of hydrogen-bond acceptors (Lipinski definition) is 5. The Labute approximate surface area is 131 Å². The molecule has 0 bridgehead atoms. The fourth-order valence-electron chi connectivity index (χ4n) is 1.94. The van der Waals surface area contributed by atoms with E-state index in [9.17, 15) is 18.9 Å². The predicted octanol–water partition coefficient (Wildman–Crippen LogP) is 3.03. The van der Waals surface area contributed by atoms with Gasteiger partial charge in [-0.05, 0) is 45.6 Å². The van der Waals surface area contributed by atoms with Crippen LogP contribution in [0.4, 0.5) is 5.69 Å². The van der Waals surface area contributed by atoms with E-state index in [2.05, 4.69) is 20.9 Å². The van der Waals surface area contributed by atoms with Crippen molar-refractivity contribution >= 4 is 32.7 Å². The third-order valence-electron chi connectivity index (χ3n) is 2.93. The van der Waals surface area contributed by atoms with Gasteiger partial charge < -0.3 is 4.55 Å². The molecule has 0 radical (unpaired) electrons. The molecule has 2 aromatic rings. The molecule has 0 aliphatic heterocycles. The van der Waals surface area contributed by atoms with Gasteiger partial charge in [0, 0.05) is 0 Å². The van der Waals surface area contributed by atoms with Crippen LogP contribution >= 0.6 is 15.9 Å². The lowest BCUT2D eigenvalue weighted by atomic mass is 10.0. The Kier molecular flexibility index (Phi) is 4.81. The third-order valence-corrected chi connectivity index (χ3v) is 4.28. The van der Waals surface area contributed by atoms with Crippen molar-refractivity contribution in [3.05, 3.63) is 67.9 Å². The van der Waals surface area contributed by atoms with Gasteiger partial charge in [0.2, 0.25) is 0 Å². The Hall–Kier alpha value is -1.64. The number of aromatic nitrogens is 1. The van der Waals surface area contributed by atoms with Crippen molar-refractivity contribution < 1.29 is 13.7 Å². The Morgan fingerprint density at radius 3 is 2.48 bits per heavy atom. The second kappa shape index (κ2) is 6.42.